The van der Waals surface area contributed by atoms with Gasteiger partial charge in [0.05, 0.1) is 0 Å². The summed E-state index contributed by atoms with van der Waals surface area (Å²) in [5, 5.41) is 6.98. The second-order valence-electron chi connectivity index (χ2n) is 7.65. The summed E-state index contributed by atoms with van der Waals surface area (Å²) in [6.07, 6.45) is 3.54. The largest absolute Gasteiger partial charge is 0.341 e. The molecule has 138 valence electrons. The van der Waals surface area contributed by atoms with Crippen molar-refractivity contribution in [3.63, 3.8) is 0 Å². The number of nitrogens with zero attached hydrogens (tertiary/aromatic N) is 4. The highest BCUT2D eigenvalue weighted by Gasteiger charge is 2.36. The third-order valence-electron chi connectivity index (χ3n) is 5.61. The molecule has 3 fully saturated rings. The monoisotopic (exact) mass is 353 g/mol. The molecule has 5 rings (SSSR count). The van der Waals surface area contributed by atoms with E-state index < -0.39 is 0 Å². The predicted molar refractivity (Wildman–Crippen MR) is 99.4 cm³/mol. The fraction of sp³-hybridized carbons (Fsp3) is 0.550. The first-order chi connectivity index (χ1) is 12.7. The highest BCUT2D eigenvalue weighted by atomic mass is 16.2. The molecule has 2 atom stereocenters. The zero-order valence-corrected chi connectivity index (χ0v) is 15.4. The van der Waals surface area contributed by atoms with Crippen molar-refractivity contribution >= 4 is 5.91 Å². The van der Waals surface area contributed by atoms with Gasteiger partial charge < -0.3 is 4.90 Å². The Morgan fingerprint density at radius 2 is 2.04 bits per heavy atom. The van der Waals surface area contributed by atoms with E-state index in [0.717, 1.165) is 37.8 Å². The molecule has 6 nitrogen and oxygen atoms in total. The number of hydrogen-bond acceptors (Lipinski definition) is 4. The van der Waals surface area contributed by atoms with Gasteiger partial charge in [0.1, 0.15) is 5.82 Å². The number of aromatic amines is 1. The molecule has 0 aliphatic carbocycles. The van der Waals surface area contributed by atoms with Gasteiger partial charge in [-0.25, -0.2) is 4.98 Å². The van der Waals surface area contributed by atoms with Crippen LogP contribution < -0.4 is 0 Å². The molecule has 1 amide bonds. The van der Waals surface area contributed by atoms with Crippen molar-refractivity contribution in [3.8, 4) is 0 Å². The van der Waals surface area contributed by atoms with Gasteiger partial charge in [0.25, 0.3) is 0 Å². The predicted octanol–water partition coefficient (Wildman–Crippen LogP) is 2.17. The van der Waals surface area contributed by atoms with E-state index in [1.807, 2.05) is 6.92 Å². The first-order valence-corrected chi connectivity index (χ1v) is 9.61. The molecule has 0 radical (unpaired) electrons. The van der Waals surface area contributed by atoms with E-state index in [1.54, 1.807) is 0 Å². The average molecular weight is 353 g/mol. The number of aryl methyl sites for hydroxylation is 2. The van der Waals surface area contributed by atoms with Crippen molar-refractivity contribution in [2.24, 2.45) is 5.92 Å². The van der Waals surface area contributed by atoms with Gasteiger partial charge in [0.2, 0.25) is 5.91 Å². The van der Waals surface area contributed by atoms with Crippen molar-refractivity contribution < 1.29 is 4.79 Å². The Morgan fingerprint density at radius 1 is 1.19 bits per heavy atom. The van der Waals surface area contributed by atoms with Crippen LogP contribution in [-0.4, -0.2) is 56.6 Å². The number of carbonyl (C=O) groups excluding carboxylic acids is 1. The summed E-state index contributed by atoms with van der Waals surface area (Å²) in [5.74, 6) is 2.37. The minimum Gasteiger partial charge on any atom is -0.341 e. The van der Waals surface area contributed by atoms with Crippen LogP contribution in [0.3, 0.4) is 0 Å². The maximum Gasteiger partial charge on any atom is 0.223 e. The van der Waals surface area contributed by atoms with Crippen molar-refractivity contribution in [2.75, 3.05) is 19.6 Å². The molecule has 0 spiro atoms. The number of benzene rings is 1. The molecular weight excluding hydrogens is 326 g/mol. The molecule has 4 heterocycles. The number of nitrogens with one attached hydrogen (secondary N) is 1. The lowest BCUT2D eigenvalue weighted by Crippen LogP contribution is -2.43. The maximum atomic E-state index is 12.8. The zero-order valence-electron chi connectivity index (χ0n) is 15.4. The van der Waals surface area contributed by atoms with Crippen LogP contribution >= 0.6 is 0 Å². The number of rotatable bonds is 5. The third kappa shape index (κ3) is 3.96. The lowest BCUT2D eigenvalue weighted by Gasteiger charge is -2.36. The number of piperidine rings is 1. The van der Waals surface area contributed by atoms with Crippen molar-refractivity contribution in [2.45, 2.75) is 45.2 Å². The van der Waals surface area contributed by atoms with Gasteiger partial charge in [0.15, 0.2) is 5.82 Å². The highest BCUT2D eigenvalue weighted by molar-refractivity contribution is 5.76. The first-order valence-electron chi connectivity index (χ1n) is 9.61. The maximum absolute atomic E-state index is 12.8. The number of fused-ring (bicyclic) bond motifs is 4. The smallest absolute Gasteiger partial charge is 0.223 e. The number of hydrogen-bond donors (Lipinski definition) is 1. The summed E-state index contributed by atoms with van der Waals surface area (Å²) in [6, 6.07) is 11.1. The molecule has 26 heavy (non-hydrogen) atoms. The minimum atomic E-state index is 0.242. The normalized spacial score (nSPS) is 23.2. The Morgan fingerprint density at radius 3 is 2.81 bits per heavy atom. The number of H-pyrrole nitrogens is 1. The van der Waals surface area contributed by atoms with Gasteiger partial charge in [-0.1, -0.05) is 30.3 Å². The third-order valence-corrected chi connectivity index (χ3v) is 5.61. The van der Waals surface area contributed by atoms with Crippen LogP contribution in [0.4, 0.5) is 0 Å². The lowest BCUT2D eigenvalue weighted by molar-refractivity contribution is -0.131. The quantitative estimate of drug-likeness (QED) is 0.895. The van der Waals surface area contributed by atoms with Crippen molar-refractivity contribution in [1.29, 1.82) is 0 Å². The number of amides is 1. The summed E-state index contributed by atoms with van der Waals surface area (Å²) in [6.45, 7) is 5.72. The van der Waals surface area contributed by atoms with Gasteiger partial charge in [-0.3, -0.25) is 14.8 Å². The zero-order chi connectivity index (χ0) is 17.9. The summed E-state index contributed by atoms with van der Waals surface area (Å²) in [4.78, 5) is 21.7. The second kappa shape index (κ2) is 7.58. The van der Waals surface area contributed by atoms with Crippen LogP contribution in [0.2, 0.25) is 0 Å². The van der Waals surface area contributed by atoms with E-state index in [-0.39, 0.29) is 5.91 Å². The molecule has 3 aliphatic heterocycles. The van der Waals surface area contributed by atoms with Crippen LogP contribution in [0.25, 0.3) is 0 Å². The Balaban J connectivity index is 1.37. The summed E-state index contributed by atoms with van der Waals surface area (Å²) in [5.41, 5.74) is 1.36. The molecular formula is C20H27N5O. The molecule has 0 saturated carbocycles. The standard InChI is InChI=1S/C20H27N5O/c1-15-21-19(23-22-15)9-10-20(26)25-13-17-7-8-18(14-25)24(12-17)11-16-5-3-2-4-6-16/h2-6,17-18H,7-14H2,1H3,(H,21,22,23)/t17-,18-/m0/s1. The summed E-state index contributed by atoms with van der Waals surface area (Å²) in [7, 11) is 0. The molecule has 2 aromatic rings. The summed E-state index contributed by atoms with van der Waals surface area (Å²) < 4.78 is 0. The second-order valence-corrected chi connectivity index (χ2v) is 7.65. The lowest BCUT2D eigenvalue weighted by atomic mass is 9.94. The SMILES string of the molecule is Cc1nc(CCC(=O)N2C[C@H]3CC[C@@H](C2)N(Cc2ccccc2)C3)n[nH]1. The van der Waals surface area contributed by atoms with Crippen LogP contribution in [0.15, 0.2) is 30.3 Å². The van der Waals surface area contributed by atoms with E-state index in [0.29, 0.717) is 24.8 Å². The van der Waals surface area contributed by atoms with E-state index >= 15 is 0 Å². The van der Waals surface area contributed by atoms with Gasteiger partial charge >= 0.3 is 0 Å². The van der Waals surface area contributed by atoms with E-state index in [9.17, 15) is 4.79 Å². The molecule has 2 bridgehead atoms. The van der Waals surface area contributed by atoms with Gasteiger partial charge in [-0.2, -0.15) is 5.10 Å². The van der Waals surface area contributed by atoms with Crippen molar-refractivity contribution in [1.82, 2.24) is 25.0 Å². The average Bonchev–Trinajstić information content (AvgIpc) is 2.87. The van der Waals surface area contributed by atoms with Crippen LogP contribution in [0.5, 0.6) is 0 Å². The molecule has 1 aromatic carbocycles. The van der Waals surface area contributed by atoms with E-state index in [1.165, 1.54) is 18.4 Å². The van der Waals surface area contributed by atoms with Crippen molar-refractivity contribution in [3.05, 3.63) is 47.5 Å². The molecule has 1 aromatic heterocycles. The van der Waals surface area contributed by atoms with E-state index in [2.05, 4.69) is 55.3 Å². The Labute approximate surface area is 154 Å². The minimum absolute atomic E-state index is 0.242. The number of carbonyl (C=O) groups is 1. The van der Waals surface area contributed by atoms with E-state index in [4.69, 9.17) is 0 Å². The fourth-order valence-electron chi connectivity index (χ4n) is 4.27. The van der Waals surface area contributed by atoms with Gasteiger partial charge in [-0.15, -0.1) is 0 Å². The summed E-state index contributed by atoms with van der Waals surface area (Å²) >= 11 is 0. The molecule has 0 unspecified atom stereocenters. The van der Waals surface area contributed by atoms with Crippen LogP contribution in [0.1, 0.15) is 36.5 Å². The molecule has 3 saturated heterocycles. The Bertz CT molecular complexity index is 744. The van der Waals surface area contributed by atoms with Gasteiger partial charge in [-0.05, 0) is 31.2 Å². The number of aromatic nitrogens is 3. The molecule has 6 heteroatoms. The molecule has 1 N–H and O–H groups in total. The highest BCUT2D eigenvalue weighted by Crippen LogP contribution is 2.29. The Kier molecular flexibility index (Phi) is 5.02. The van der Waals surface area contributed by atoms with Crippen LogP contribution in [0, 0.1) is 12.8 Å². The van der Waals surface area contributed by atoms with Gasteiger partial charge in [0, 0.05) is 45.1 Å². The molecule has 3 aliphatic rings. The first kappa shape index (κ1) is 17.2. The fourth-order valence-corrected chi connectivity index (χ4v) is 4.27. The Hall–Kier alpha value is -2.21. The van der Waals surface area contributed by atoms with Crippen LogP contribution in [-0.2, 0) is 17.8 Å². The topological polar surface area (TPSA) is 65.1 Å².